The average Bonchev–Trinajstić information content (AvgIpc) is 2.83. The highest BCUT2D eigenvalue weighted by molar-refractivity contribution is 5.47. The lowest BCUT2D eigenvalue weighted by Gasteiger charge is -2.27. The second kappa shape index (κ2) is 6.75. The van der Waals surface area contributed by atoms with Crippen molar-refractivity contribution in [3.05, 3.63) is 23.4 Å². The Hall–Kier alpha value is -1.13. The van der Waals surface area contributed by atoms with Crippen LogP contribution in [0.5, 0.6) is 0 Å². The molecule has 0 amide bonds. The minimum atomic E-state index is 0.745. The Bertz CT molecular complexity index is 474. The van der Waals surface area contributed by atoms with Crippen molar-refractivity contribution >= 4 is 5.82 Å². The predicted molar refractivity (Wildman–Crippen MR) is 87.8 cm³/mol. The molecular formula is C17H28N4. The SMILES string of the molecule is CCNCc1cnc(N2CCCN3CCCC3C2)c(C)c1. The fourth-order valence-corrected chi connectivity index (χ4v) is 3.72. The molecule has 3 rings (SSSR count). The quantitative estimate of drug-likeness (QED) is 0.920. The second-order valence-electron chi connectivity index (χ2n) is 6.40. The molecule has 0 bridgehead atoms. The number of nitrogens with zero attached hydrogens (tertiary/aromatic N) is 3. The fourth-order valence-electron chi connectivity index (χ4n) is 3.72. The van der Waals surface area contributed by atoms with Gasteiger partial charge in [0.05, 0.1) is 0 Å². The summed E-state index contributed by atoms with van der Waals surface area (Å²) in [4.78, 5) is 9.97. The Kier molecular flexibility index (Phi) is 4.76. The molecule has 0 radical (unpaired) electrons. The smallest absolute Gasteiger partial charge is 0.131 e. The van der Waals surface area contributed by atoms with Crippen LogP contribution in [0.2, 0.25) is 0 Å². The zero-order valence-electron chi connectivity index (χ0n) is 13.4. The first-order valence-electron chi connectivity index (χ1n) is 8.43. The highest BCUT2D eigenvalue weighted by Crippen LogP contribution is 2.26. The zero-order chi connectivity index (χ0) is 14.7. The summed E-state index contributed by atoms with van der Waals surface area (Å²) >= 11 is 0. The molecule has 0 spiro atoms. The lowest BCUT2D eigenvalue weighted by Crippen LogP contribution is -2.37. The number of aryl methyl sites for hydroxylation is 1. The number of anilines is 1. The number of hydrogen-bond acceptors (Lipinski definition) is 4. The molecule has 2 saturated heterocycles. The van der Waals surface area contributed by atoms with Crippen LogP contribution >= 0.6 is 0 Å². The molecule has 2 aliphatic heterocycles. The van der Waals surface area contributed by atoms with Gasteiger partial charge in [0.25, 0.3) is 0 Å². The highest BCUT2D eigenvalue weighted by atomic mass is 15.3. The molecular weight excluding hydrogens is 260 g/mol. The maximum atomic E-state index is 4.78. The third-order valence-corrected chi connectivity index (χ3v) is 4.79. The van der Waals surface area contributed by atoms with E-state index in [1.165, 1.54) is 49.3 Å². The average molecular weight is 288 g/mol. The van der Waals surface area contributed by atoms with E-state index in [0.29, 0.717) is 0 Å². The number of rotatable bonds is 4. The lowest BCUT2D eigenvalue weighted by atomic mass is 10.1. The van der Waals surface area contributed by atoms with Crippen molar-refractivity contribution in [3.63, 3.8) is 0 Å². The van der Waals surface area contributed by atoms with E-state index in [1.807, 2.05) is 6.20 Å². The van der Waals surface area contributed by atoms with Crippen molar-refractivity contribution < 1.29 is 0 Å². The molecule has 1 atom stereocenters. The Morgan fingerprint density at radius 3 is 2.95 bits per heavy atom. The van der Waals surface area contributed by atoms with Crippen LogP contribution in [0.15, 0.2) is 12.3 Å². The summed E-state index contributed by atoms with van der Waals surface area (Å²) in [6.45, 7) is 11.1. The molecule has 1 N–H and O–H groups in total. The van der Waals surface area contributed by atoms with E-state index < -0.39 is 0 Å². The monoisotopic (exact) mass is 288 g/mol. The lowest BCUT2D eigenvalue weighted by molar-refractivity contribution is 0.273. The Morgan fingerprint density at radius 1 is 1.29 bits per heavy atom. The van der Waals surface area contributed by atoms with Crippen LogP contribution in [0, 0.1) is 6.92 Å². The van der Waals surface area contributed by atoms with Gasteiger partial charge in [0, 0.05) is 38.4 Å². The van der Waals surface area contributed by atoms with E-state index in [4.69, 9.17) is 4.98 Å². The van der Waals surface area contributed by atoms with Crippen molar-refractivity contribution in [2.24, 2.45) is 0 Å². The van der Waals surface area contributed by atoms with Crippen LogP contribution in [-0.2, 0) is 6.54 Å². The molecule has 0 aromatic carbocycles. The maximum Gasteiger partial charge on any atom is 0.131 e. The largest absolute Gasteiger partial charge is 0.355 e. The van der Waals surface area contributed by atoms with Gasteiger partial charge in [-0.25, -0.2) is 4.98 Å². The fraction of sp³-hybridized carbons (Fsp3) is 0.706. The van der Waals surface area contributed by atoms with Crippen molar-refractivity contribution in [2.45, 2.75) is 45.7 Å². The van der Waals surface area contributed by atoms with Crippen molar-refractivity contribution in [1.29, 1.82) is 0 Å². The first kappa shape index (κ1) is 14.8. The number of hydrogen-bond donors (Lipinski definition) is 1. The van der Waals surface area contributed by atoms with E-state index in [2.05, 4.69) is 35.0 Å². The van der Waals surface area contributed by atoms with Crippen LogP contribution in [0.1, 0.15) is 37.3 Å². The van der Waals surface area contributed by atoms with Crippen molar-refractivity contribution in [1.82, 2.24) is 15.2 Å². The van der Waals surface area contributed by atoms with Gasteiger partial charge in [-0.1, -0.05) is 6.92 Å². The van der Waals surface area contributed by atoms with Crippen LogP contribution in [0.4, 0.5) is 5.82 Å². The molecule has 116 valence electrons. The van der Waals surface area contributed by atoms with E-state index >= 15 is 0 Å². The van der Waals surface area contributed by atoms with Crippen LogP contribution in [0.25, 0.3) is 0 Å². The summed E-state index contributed by atoms with van der Waals surface area (Å²) in [5.74, 6) is 1.20. The Labute approximate surface area is 128 Å². The van der Waals surface area contributed by atoms with Crippen molar-refractivity contribution in [3.8, 4) is 0 Å². The molecule has 4 nitrogen and oxygen atoms in total. The van der Waals surface area contributed by atoms with Gasteiger partial charge >= 0.3 is 0 Å². The molecule has 1 unspecified atom stereocenters. The van der Waals surface area contributed by atoms with Crippen LogP contribution < -0.4 is 10.2 Å². The van der Waals surface area contributed by atoms with Gasteiger partial charge in [0.1, 0.15) is 5.82 Å². The molecule has 0 saturated carbocycles. The Balaban J connectivity index is 1.73. The molecule has 1 aromatic heterocycles. The number of nitrogens with one attached hydrogen (secondary N) is 1. The molecule has 4 heteroatoms. The molecule has 21 heavy (non-hydrogen) atoms. The topological polar surface area (TPSA) is 31.4 Å². The van der Waals surface area contributed by atoms with Gasteiger partial charge in [-0.3, -0.25) is 4.90 Å². The minimum Gasteiger partial charge on any atom is -0.355 e. The van der Waals surface area contributed by atoms with E-state index in [0.717, 1.165) is 32.2 Å². The van der Waals surface area contributed by atoms with Gasteiger partial charge in [0.15, 0.2) is 0 Å². The molecule has 0 aliphatic carbocycles. The highest BCUT2D eigenvalue weighted by Gasteiger charge is 2.29. The van der Waals surface area contributed by atoms with Gasteiger partial charge in [-0.15, -0.1) is 0 Å². The first-order chi connectivity index (χ1) is 10.3. The van der Waals surface area contributed by atoms with E-state index in [9.17, 15) is 0 Å². The Morgan fingerprint density at radius 2 is 2.14 bits per heavy atom. The summed E-state index contributed by atoms with van der Waals surface area (Å²) < 4.78 is 0. The van der Waals surface area contributed by atoms with Gasteiger partial charge < -0.3 is 10.2 Å². The molecule has 2 aliphatic rings. The zero-order valence-corrected chi connectivity index (χ0v) is 13.4. The number of fused-ring (bicyclic) bond motifs is 1. The summed E-state index contributed by atoms with van der Waals surface area (Å²) in [7, 11) is 0. The van der Waals surface area contributed by atoms with Gasteiger partial charge in [-0.05, 0) is 56.5 Å². The normalized spacial score (nSPS) is 23.1. The standard InChI is InChI=1S/C17H28N4/c1-3-18-11-15-10-14(2)17(19-12-15)21-9-5-8-20-7-4-6-16(20)13-21/h10,12,16,18H,3-9,11,13H2,1-2H3. The summed E-state index contributed by atoms with van der Waals surface area (Å²) in [6, 6.07) is 3.04. The molecule has 1 aromatic rings. The third-order valence-electron chi connectivity index (χ3n) is 4.79. The summed E-state index contributed by atoms with van der Waals surface area (Å²) in [6.07, 6.45) is 6.03. The summed E-state index contributed by atoms with van der Waals surface area (Å²) in [5, 5.41) is 3.37. The predicted octanol–water partition coefficient (Wildman–Crippen LogP) is 2.17. The van der Waals surface area contributed by atoms with E-state index in [1.54, 1.807) is 0 Å². The van der Waals surface area contributed by atoms with Gasteiger partial charge in [0.2, 0.25) is 0 Å². The molecule has 2 fully saturated rings. The summed E-state index contributed by atoms with van der Waals surface area (Å²) in [5.41, 5.74) is 2.60. The van der Waals surface area contributed by atoms with Gasteiger partial charge in [-0.2, -0.15) is 0 Å². The van der Waals surface area contributed by atoms with Crippen LogP contribution in [-0.4, -0.2) is 48.6 Å². The molecule has 3 heterocycles. The van der Waals surface area contributed by atoms with Crippen LogP contribution in [0.3, 0.4) is 0 Å². The van der Waals surface area contributed by atoms with Crippen molar-refractivity contribution in [2.75, 3.05) is 37.6 Å². The maximum absolute atomic E-state index is 4.78. The minimum absolute atomic E-state index is 0.745. The second-order valence-corrected chi connectivity index (χ2v) is 6.40. The first-order valence-corrected chi connectivity index (χ1v) is 8.43. The third kappa shape index (κ3) is 3.38. The van der Waals surface area contributed by atoms with E-state index in [-0.39, 0.29) is 0 Å². The number of pyridine rings is 1. The number of aromatic nitrogens is 1.